The second-order valence-electron chi connectivity index (χ2n) is 13.6. The number of likely N-dealkylation sites (N-methyl/N-ethyl adjacent to an activating group) is 2. The molecule has 6 aromatic rings. The minimum absolute atomic E-state index is 0. The lowest BCUT2D eigenvalue weighted by Gasteiger charge is -2.22. The zero-order valence-electron chi connectivity index (χ0n) is 33.0. The first-order valence-corrected chi connectivity index (χ1v) is 18.5. The second kappa shape index (κ2) is 21.2. The molecule has 2 aromatic carbocycles. The Morgan fingerprint density at radius 1 is 0.705 bits per heavy atom. The Hall–Kier alpha value is -7.11. The number of benzene rings is 2. The summed E-state index contributed by atoms with van der Waals surface area (Å²) in [7, 11) is 3.25. The van der Waals surface area contributed by atoms with Crippen molar-refractivity contribution in [3.05, 3.63) is 143 Å². The molecular formula is C43H47ClN8O9. The predicted molar refractivity (Wildman–Crippen MR) is 227 cm³/mol. The van der Waals surface area contributed by atoms with Crippen LogP contribution in [0.1, 0.15) is 64.9 Å². The number of anilines is 2. The van der Waals surface area contributed by atoms with Crippen LogP contribution in [0.5, 0.6) is 11.5 Å². The van der Waals surface area contributed by atoms with Crippen LogP contribution >= 0.6 is 12.4 Å². The molecule has 17 nitrogen and oxygen atoms in total. The van der Waals surface area contributed by atoms with Gasteiger partial charge in [-0.25, -0.2) is 14.8 Å². The summed E-state index contributed by atoms with van der Waals surface area (Å²) in [4.78, 5) is 59.0. The summed E-state index contributed by atoms with van der Waals surface area (Å²) in [5.74, 6) is 1.04. The zero-order valence-corrected chi connectivity index (χ0v) is 33.8. The normalized spacial score (nSPS) is 17.6. The number of nitrogens with one attached hydrogen (secondary N) is 1. The first kappa shape index (κ1) is 46.6. The number of nitrogens with two attached hydrogens (primary N) is 1. The zero-order chi connectivity index (χ0) is 42.1. The number of ether oxygens (including phenoxy) is 2. The highest BCUT2D eigenvalue weighted by atomic mass is 35.5. The van der Waals surface area contributed by atoms with Gasteiger partial charge in [-0.2, -0.15) is 0 Å². The van der Waals surface area contributed by atoms with Crippen molar-refractivity contribution in [2.24, 2.45) is 5.73 Å². The van der Waals surface area contributed by atoms with Gasteiger partial charge in [-0.05, 0) is 49.2 Å². The van der Waals surface area contributed by atoms with Gasteiger partial charge in [0.1, 0.15) is 35.8 Å². The van der Waals surface area contributed by atoms with Crippen LogP contribution in [0.25, 0.3) is 0 Å². The van der Waals surface area contributed by atoms with Crippen LogP contribution in [0, 0.1) is 0 Å². The second-order valence-corrected chi connectivity index (χ2v) is 13.6. The predicted octanol–water partition coefficient (Wildman–Crippen LogP) is 5.38. The van der Waals surface area contributed by atoms with E-state index >= 15 is 0 Å². The topological polar surface area (TPSA) is 229 Å². The van der Waals surface area contributed by atoms with Crippen molar-refractivity contribution in [2.45, 2.75) is 58.4 Å². The maximum atomic E-state index is 12.9. The van der Waals surface area contributed by atoms with Crippen molar-refractivity contribution in [3.8, 4) is 11.5 Å². The van der Waals surface area contributed by atoms with E-state index in [0.29, 0.717) is 47.5 Å². The highest BCUT2D eigenvalue weighted by Crippen LogP contribution is 2.30. The number of hydrogen-bond donors (Lipinski definition) is 3. The maximum Gasteiger partial charge on any atom is 0.358 e. The van der Waals surface area contributed by atoms with Gasteiger partial charge in [0.15, 0.2) is 34.5 Å². The third-order valence-electron chi connectivity index (χ3n) is 9.25. The van der Waals surface area contributed by atoms with E-state index in [0.717, 1.165) is 11.1 Å². The van der Waals surface area contributed by atoms with Crippen LogP contribution in [-0.2, 0) is 22.4 Å². The molecule has 0 spiro atoms. The van der Waals surface area contributed by atoms with E-state index in [4.69, 9.17) is 29.4 Å². The van der Waals surface area contributed by atoms with E-state index in [-0.39, 0.29) is 49.1 Å². The van der Waals surface area contributed by atoms with Gasteiger partial charge in [-0.1, -0.05) is 78.4 Å². The monoisotopic (exact) mass is 854 g/mol. The minimum atomic E-state index is -1.07. The Morgan fingerprint density at radius 3 is 1.66 bits per heavy atom. The van der Waals surface area contributed by atoms with E-state index in [1.807, 2.05) is 60.7 Å². The Kier molecular flexibility index (Phi) is 16.2. The summed E-state index contributed by atoms with van der Waals surface area (Å²) in [6.07, 6.45) is 3.35. The fourth-order valence-corrected chi connectivity index (χ4v) is 6.03. The summed E-state index contributed by atoms with van der Waals surface area (Å²) < 4.78 is 21.6. The number of fused-ring (bicyclic) bond motifs is 2. The first-order valence-electron chi connectivity index (χ1n) is 18.5. The molecule has 2 aliphatic rings. The standard InChI is InChI=1S/C21H20N4O4.C11H9NO3.C10H13N3O2.CH4.ClH/c1-13-18(21(27)25(2)19-17(28-13)9-6-10-22-19)23-20(26)16-12-15(29-24-16)11-14-7-4-3-5-8-14;13-11(14)10-7-9(15-12-10)6-8-4-2-1-3-5-8;1-6-8(11)10(14)13(2)9-7(15-6)4-3-5-12-9;;/h3-10,12-13,18H,11H2,1-2H3,(H,23,26);1-5,7H,6H2,(H,13,14);3-6,8H,11H2,1-2H3;1H4;1H/t13-,18+;;6-,8+;;/m1.1../s1. The largest absolute Gasteiger partial charge is 0.485 e. The van der Waals surface area contributed by atoms with Gasteiger partial charge in [0.05, 0.1) is 0 Å². The van der Waals surface area contributed by atoms with E-state index in [9.17, 15) is 19.2 Å². The molecule has 0 saturated heterocycles. The number of aromatic nitrogens is 4. The van der Waals surface area contributed by atoms with Crippen LogP contribution in [0.4, 0.5) is 11.6 Å². The van der Waals surface area contributed by atoms with Crippen molar-refractivity contribution in [2.75, 3.05) is 23.9 Å². The van der Waals surface area contributed by atoms with Crippen molar-refractivity contribution in [1.82, 2.24) is 25.6 Å². The van der Waals surface area contributed by atoms with E-state index in [2.05, 4.69) is 25.6 Å². The van der Waals surface area contributed by atoms with E-state index < -0.39 is 30.1 Å². The fourth-order valence-electron chi connectivity index (χ4n) is 6.03. The van der Waals surface area contributed by atoms with Gasteiger partial charge in [0, 0.05) is 51.5 Å². The van der Waals surface area contributed by atoms with E-state index in [1.54, 1.807) is 70.7 Å². The molecule has 6 heterocycles. The molecule has 320 valence electrons. The first-order chi connectivity index (χ1) is 28.4. The van der Waals surface area contributed by atoms with Crippen LogP contribution in [-0.4, -0.2) is 87.5 Å². The molecule has 3 amide bonds. The molecule has 18 heteroatoms. The van der Waals surface area contributed by atoms with Gasteiger partial charge >= 0.3 is 5.97 Å². The molecule has 4 N–H and O–H groups in total. The Bertz CT molecular complexity index is 2400. The number of aromatic carboxylic acids is 1. The number of amides is 3. The summed E-state index contributed by atoms with van der Waals surface area (Å²) in [6, 6.07) is 27.9. The average molecular weight is 855 g/mol. The number of carbonyl (C=O) groups excluding carboxylic acids is 3. The van der Waals surface area contributed by atoms with Crippen LogP contribution in [0.15, 0.2) is 119 Å². The average Bonchev–Trinajstić information content (AvgIpc) is 3.90. The number of carboxylic acids is 1. The van der Waals surface area contributed by atoms with Crippen LogP contribution < -0.4 is 30.3 Å². The molecule has 0 unspecified atom stereocenters. The molecule has 4 atom stereocenters. The highest BCUT2D eigenvalue weighted by Gasteiger charge is 2.37. The van der Waals surface area contributed by atoms with Gasteiger partial charge in [0.2, 0.25) is 5.91 Å². The molecule has 4 aromatic heterocycles. The molecular weight excluding hydrogens is 808 g/mol. The Labute approximate surface area is 358 Å². The smallest absolute Gasteiger partial charge is 0.358 e. The lowest BCUT2D eigenvalue weighted by molar-refractivity contribution is -0.122. The number of rotatable bonds is 7. The molecule has 0 fully saturated rings. The number of halogens is 1. The molecule has 0 bridgehead atoms. The summed E-state index contributed by atoms with van der Waals surface area (Å²) in [5, 5.41) is 18.6. The molecule has 8 rings (SSSR count). The third kappa shape index (κ3) is 11.6. The molecule has 0 saturated carbocycles. The maximum absolute atomic E-state index is 12.9. The van der Waals surface area contributed by atoms with Crippen LogP contribution in [0.2, 0.25) is 0 Å². The molecule has 0 radical (unpaired) electrons. The Morgan fingerprint density at radius 2 is 1.16 bits per heavy atom. The summed E-state index contributed by atoms with van der Waals surface area (Å²) >= 11 is 0. The van der Waals surface area contributed by atoms with Gasteiger partial charge in [-0.3, -0.25) is 24.2 Å². The highest BCUT2D eigenvalue weighted by molar-refractivity contribution is 6.02. The lowest BCUT2D eigenvalue weighted by atomic mass is 10.1. The number of carboxylic acid groups (broad SMARTS) is 1. The minimum Gasteiger partial charge on any atom is -0.485 e. The number of nitrogens with zero attached hydrogens (tertiary/aromatic N) is 6. The Balaban J connectivity index is 0.000000217. The molecule has 2 aliphatic heterocycles. The van der Waals surface area contributed by atoms with Crippen molar-refractivity contribution in [1.29, 1.82) is 0 Å². The van der Waals surface area contributed by atoms with Gasteiger partial charge in [-0.15, -0.1) is 12.4 Å². The SMILES string of the molecule is C.C[C@H]1Oc2cccnc2N(C)C(=O)[C@H]1N.C[C@H]1Oc2cccnc2N(C)C(=O)[C@H]1NC(=O)c1cc(Cc2ccccc2)on1.Cl.O=C(O)c1cc(Cc2ccccc2)on1. The summed E-state index contributed by atoms with van der Waals surface area (Å²) in [5.41, 5.74) is 7.91. The molecule has 61 heavy (non-hydrogen) atoms. The summed E-state index contributed by atoms with van der Waals surface area (Å²) in [6.45, 7) is 3.50. The number of carbonyl (C=O) groups is 4. The lowest BCUT2D eigenvalue weighted by Crippen LogP contribution is -2.53. The fraction of sp³-hybridized carbons (Fsp3) is 0.256. The van der Waals surface area contributed by atoms with Crippen molar-refractivity contribution in [3.63, 3.8) is 0 Å². The quantitative estimate of drug-likeness (QED) is 0.183. The van der Waals surface area contributed by atoms with Gasteiger partial charge < -0.3 is 34.7 Å². The van der Waals surface area contributed by atoms with Crippen LogP contribution in [0.3, 0.4) is 0 Å². The van der Waals surface area contributed by atoms with Gasteiger partial charge in [0.25, 0.3) is 11.8 Å². The number of pyridine rings is 2. The third-order valence-corrected chi connectivity index (χ3v) is 9.25. The molecule has 0 aliphatic carbocycles. The van der Waals surface area contributed by atoms with Crippen molar-refractivity contribution >= 4 is 47.7 Å². The van der Waals surface area contributed by atoms with E-state index in [1.165, 1.54) is 15.9 Å². The number of hydrogen-bond acceptors (Lipinski definition) is 13. The van der Waals surface area contributed by atoms with Crippen molar-refractivity contribution < 1.29 is 42.8 Å².